The first kappa shape index (κ1) is 10.2. The maximum Gasteiger partial charge on any atom is 0.155 e. The molecule has 0 aliphatic rings. The average Bonchev–Trinajstić information content (AvgIpc) is 2.72. The SMILES string of the molecule is Fc1cc(Cl)ccc1-c1cn2ccncc2n1. The Morgan fingerprint density at radius 2 is 2.18 bits per heavy atom. The topological polar surface area (TPSA) is 30.2 Å². The minimum Gasteiger partial charge on any atom is -0.304 e. The van der Waals surface area contributed by atoms with E-state index in [1.165, 1.54) is 6.07 Å². The molecule has 0 amide bonds. The van der Waals surface area contributed by atoms with Gasteiger partial charge in [-0.15, -0.1) is 0 Å². The second-order valence-electron chi connectivity index (χ2n) is 3.59. The van der Waals surface area contributed by atoms with E-state index < -0.39 is 0 Å². The standard InChI is InChI=1S/C12H7ClFN3/c13-8-1-2-9(10(14)5-8)11-7-17-4-3-15-6-12(17)16-11/h1-7H. The van der Waals surface area contributed by atoms with Gasteiger partial charge in [0.05, 0.1) is 11.9 Å². The van der Waals surface area contributed by atoms with Gasteiger partial charge in [-0.2, -0.15) is 0 Å². The van der Waals surface area contributed by atoms with Crippen LogP contribution in [-0.4, -0.2) is 14.4 Å². The van der Waals surface area contributed by atoms with E-state index in [1.807, 2.05) is 0 Å². The van der Waals surface area contributed by atoms with Crippen molar-refractivity contribution in [3.63, 3.8) is 0 Å². The van der Waals surface area contributed by atoms with Gasteiger partial charge in [-0.25, -0.2) is 9.37 Å². The molecule has 17 heavy (non-hydrogen) atoms. The third-order valence-corrected chi connectivity index (χ3v) is 2.71. The monoisotopic (exact) mass is 247 g/mol. The number of rotatable bonds is 1. The van der Waals surface area contributed by atoms with Crippen molar-refractivity contribution in [2.45, 2.75) is 0 Å². The summed E-state index contributed by atoms with van der Waals surface area (Å²) in [6, 6.07) is 4.54. The summed E-state index contributed by atoms with van der Waals surface area (Å²) in [5, 5.41) is 0.372. The zero-order valence-electron chi connectivity index (χ0n) is 8.64. The van der Waals surface area contributed by atoms with Crippen LogP contribution in [0.25, 0.3) is 16.9 Å². The number of benzene rings is 1. The lowest BCUT2D eigenvalue weighted by Crippen LogP contribution is -1.83. The van der Waals surface area contributed by atoms with Gasteiger partial charge in [0.2, 0.25) is 0 Å². The van der Waals surface area contributed by atoms with Crippen molar-refractivity contribution in [2.24, 2.45) is 0 Å². The lowest BCUT2D eigenvalue weighted by Gasteiger charge is -1.98. The van der Waals surface area contributed by atoms with E-state index in [-0.39, 0.29) is 5.82 Å². The van der Waals surface area contributed by atoms with Crippen molar-refractivity contribution >= 4 is 17.2 Å². The molecule has 0 atom stereocenters. The molecule has 84 valence electrons. The Hall–Kier alpha value is -1.94. The first-order valence-corrected chi connectivity index (χ1v) is 5.36. The van der Waals surface area contributed by atoms with Crippen molar-refractivity contribution in [3.05, 3.63) is 53.8 Å². The smallest absolute Gasteiger partial charge is 0.155 e. The van der Waals surface area contributed by atoms with E-state index in [4.69, 9.17) is 11.6 Å². The molecule has 0 saturated carbocycles. The second kappa shape index (κ2) is 3.82. The zero-order valence-corrected chi connectivity index (χ0v) is 9.39. The number of fused-ring (bicyclic) bond motifs is 1. The molecule has 5 heteroatoms. The van der Waals surface area contributed by atoms with Crippen LogP contribution in [0.15, 0.2) is 43.0 Å². The van der Waals surface area contributed by atoms with E-state index in [9.17, 15) is 4.39 Å². The third kappa shape index (κ3) is 1.76. The lowest BCUT2D eigenvalue weighted by atomic mass is 10.1. The highest BCUT2D eigenvalue weighted by molar-refractivity contribution is 6.30. The first-order valence-electron chi connectivity index (χ1n) is 4.98. The Morgan fingerprint density at radius 1 is 1.29 bits per heavy atom. The molecule has 0 aliphatic heterocycles. The quantitative estimate of drug-likeness (QED) is 0.661. The predicted molar refractivity (Wildman–Crippen MR) is 63.4 cm³/mol. The van der Waals surface area contributed by atoms with Crippen LogP contribution in [0.1, 0.15) is 0 Å². The van der Waals surface area contributed by atoms with Crippen molar-refractivity contribution in [2.75, 3.05) is 0 Å². The molecule has 0 aliphatic carbocycles. The summed E-state index contributed by atoms with van der Waals surface area (Å²) in [6.45, 7) is 0. The summed E-state index contributed by atoms with van der Waals surface area (Å²) >= 11 is 5.71. The van der Waals surface area contributed by atoms with Crippen LogP contribution >= 0.6 is 11.6 Å². The molecule has 3 nitrogen and oxygen atoms in total. The summed E-state index contributed by atoms with van der Waals surface area (Å²) in [5.41, 5.74) is 1.67. The number of imidazole rings is 1. The van der Waals surface area contributed by atoms with Gasteiger partial charge >= 0.3 is 0 Å². The van der Waals surface area contributed by atoms with Gasteiger partial charge in [0, 0.05) is 29.2 Å². The molecule has 0 saturated heterocycles. The van der Waals surface area contributed by atoms with Crippen molar-refractivity contribution in [1.29, 1.82) is 0 Å². The molecule has 2 aromatic heterocycles. The molecular weight excluding hydrogens is 241 g/mol. The van der Waals surface area contributed by atoms with E-state index in [2.05, 4.69) is 9.97 Å². The van der Waals surface area contributed by atoms with Crippen LogP contribution in [0, 0.1) is 5.82 Å². The van der Waals surface area contributed by atoms with Gasteiger partial charge in [-0.05, 0) is 18.2 Å². The number of aromatic nitrogens is 3. The third-order valence-electron chi connectivity index (χ3n) is 2.47. The number of halogens is 2. The van der Waals surface area contributed by atoms with Crippen molar-refractivity contribution < 1.29 is 4.39 Å². The summed E-state index contributed by atoms with van der Waals surface area (Å²) in [6.07, 6.45) is 6.79. The molecule has 1 aromatic carbocycles. The fourth-order valence-corrected chi connectivity index (χ4v) is 1.83. The second-order valence-corrected chi connectivity index (χ2v) is 4.03. The number of hydrogen-bond acceptors (Lipinski definition) is 2. The minimum atomic E-state index is -0.381. The summed E-state index contributed by atoms with van der Waals surface area (Å²) in [5.74, 6) is -0.381. The molecule has 0 fully saturated rings. The Morgan fingerprint density at radius 3 is 2.94 bits per heavy atom. The summed E-state index contributed by atoms with van der Waals surface area (Å²) in [7, 11) is 0. The number of hydrogen-bond donors (Lipinski definition) is 0. The molecule has 0 N–H and O–H groups in total. The normalized spacial score (nSPS) is 10.9. The van der Waals surface area contributed by atoms with Crippen LogP contribution in [-0.2, 0) is 0 Å². The first-order chi connectivity index (χ1) is 8.24. The average molecular weight is 248 g/mol. The Balaban J connectivity index is 2.20. The Bertz CT molecular complexity index is 660. The molecular formula is C12H7ClFN3. The van der Waals surface area contributed by atoms with Crippen LogP contribution < -0.4 is 0 Å². The highest BCUT2D eigenvalue weighted by atomic mass is 35.5. The van der Waals surface area contributed by atoms with Crippen LogP contribution in [0.2, 0.25) is 5.02 Å². The van der Waals surface area contributed by atoms with Crippen molar-refractivity contribution in [1.82, 2.24) is 14.4 Å². The highest BCUT2D eigenvalue weighted by Gasteiger charge is 2.09. The van der Waals surface area contributed by atoms with Gasteiger partial charge in [0.1, 0.15) is 5.82 Å². The fourth-order valence-electron chi connectivity index (χ4n) is 1.67. The largest absolute Gasteiger partial charge is 0.304 e. The minimum absolute atomic E-state index is 0.372. The lowest BCUT2D eigenvalue weighted by molar-refractivity contribution is 0.631. The molecule has 0 spiro atoms. The van der Waals surface area contributed by atoms with Gasteiger partial charge in [-0.1, -0.05) is 11.6 Å². The molecule has 0 unspecified atom stereocenters. The van der Waals surface area contributed by atoms with Crippen molar-refractivity contribution in [3.8, 4) is 11.3 Å². The van der Waals surface area contributed by atoms with Gasteiger partial charge in [-0.3, -0.25) is 4.98 Å². The zero-order chi connectivity index (χ0) is 11.8. The van der Waals surface area contributed by atoms with E-state index in [1.54, 1.807) is 41.3 Å². The van der Waals surface area contributed by atoms with Gasteiger partial charge in [0.15, 0.2) is 5.65 Å². The fraction of sp³-hybridized carbons (Fsp3) is 0. The molecule has 3 rings (SSSR count). The molecule has 0 radical (unpaired) electrons. The van der Waals surface area contributed by atoms with Gasteiger partial charge in [0.25, 0.3) is 0 Å². The van der Waals surface area contributed by atoms with Crippen LogP contribution in [0.3, 0.4) is 0 Å². The molecule has 3 aromatic rings. The van der Waals surface area contributed by atoms with E-state index in [0.29, 0.717) is 21.9 Å². The number of nitrogens with zero attached hydrogens (tertiary/aromatic N) is 3. The molecule has 0 bridgehead atoms. The van der Waals surface area contributed by atoms with Crippen LogP contribution in [0.5, 0.6) is 0 Å². The van der Waals surface area contributed by atoms with Crippen LogP contribution in [0.4, 0.5) is 4.39 Å². The van der Waals surface area contributed by atoms with Gasteiger partial charge < -0.3 is 4.40 Å². The Labute approximate surface area is 102 Å². The van der Waals surface area contributed by atoms with E-state index >= 15 is 0 Å². The maximum atomic E-state index is 13.7. The predicted octanol–water partition coefficient (Wildman–Crippen LogP) is 3.19. The molecule has 2 heterocycles. The summed E-state index contributed by atoms with van der Waals surface area (Å²) < 4.78 is 15.5. The maximum absolute atomic E-state index is 13.7. The Kier molecular flexibility index (Phi) is 2.30. The summed E-state index contributed by atoms with van der Waals surface area (Å²) in [4.78, 5) is 8.25. The van der Waals surface area contributed by atoms with E-state index in [0.717, 1.165) is 0 Å². The highest BCUT2D eigenvalue weighted by Crippen LogP contribution is 2.24.